The van der Waals surface area contributed by atoms with Crippen LogP contribution in [0.4, 0.5) is 0 Å². The summed E-state index contributed by atoms with van der Waals surface area (Å²) in [6, 6.07) is 14.2. The topological polar surface area (TPSA) is 38.9 Å². The standard InChI is InChI=1S/C17H11BrN2OS/c18-16-14(11-5-2-1-3-6-11)15-13(9-12-7-4-8-21-12)19-10-20-17(15)22-16/h1-8,10H,9H2. The molecule has 3 nitrogen and oxygen atoms in total. The highest BCUT2D eigenvalue weighted by molar-refractivity contribution is 9.11. The summed E-state index contributed by atoms with van der Waals surface area (Å²) in [4.78, 5) is 9.91. The van der Waals surface area contributed by atoms with Gasteiger partial charge in [0.2, 0.25) is 0 Å². The molecule has 108 valence electrons. The molecule has 3 aromatic heterocycles. The van der Waals surface area contributed by atoms with E-state index in [0.29, 0.717) is 6.42 Å². The smallest absolute Gasteiger partial charge is 0.128 e. The Hall–Kier alpha value is -1.98. The summed E-state index contributed by atoms with van der Waals surface area (Å²) in [5.74, 6) is 0.904. The fourth-order valence-electron chi connectivity index (χ4n) is 2.54. The van der Waals surface area contributed by atoms with Gasteiger partial charge in [-0.3, -0.25) is 0 Å². The first-order valence-electron chi connectivity index (χ1n) is 6.82. The molecule has 0 saturated carbocycles. The average Bonchev–Trinajstić information content (AvgIpc) is 3.15. The molecule has 0 aliphatic rings. The molecule has 0 unspecified atom stereocenters. The van der Waals surface area contributed by atoms with Gasteiger partial charge in [-0.05, 0) is 33.6 Å². The lowest BCUT2D eigenvalue weighted by Crippen LogP contribution is -1.94. The molecule has 4 aromatic rings. The van der Waals surface area contributed by atoms with Crippen LogP contribution >= 0.6 is 27.3 Å². The van der Waals surface area contributed by atoms with Crippen LogP contribution in [0.5, 0.6) is 0 Å². The number of furan rings is 1. The van der Waals surface area contributed by atoms with Gasteiger partial charge in [0.25, 0.3) is 0 Å². The van der Waals surface area contributed by atoms with Gasteiger partial charge in [0, 0.05) is 17.4 Å². The molecule has 0 amide bonds. The van der Waals surface area contributed by atoms with Crippen LogP contribution in [-0.2, 0) is 6.42 Å². The summed E-state index contributed by atoms with van der Waals surface area (Å²) in [7, 11) is 0. The highest BCUT2D eigenvalue weighted by Gasteiger charge is 2.18. The maximum absolute atomic E-state index is 5.47. The molecule has 0 radical (unpaired) electrons. The van der Waals surface area contributed by atoms with Crippen molar-refractivity contribution in [3.05, 3.63) is 70.3 Å². The van der Waals surface area contributed by atoms with E-state index >= 15 is 0 Å². The van der Waals surface area contributed by atoms with E-state index in [1.165, 1.54) is 0 Å². The number of hydrogen-bond donors (Lipinski definition) is 0. The number of aromatic nitrogens is 2. The molecule has 3 heterocycles. The van der Waals surface area contributed by atoms with Crippen LogP contribution in [-0.4, -0.2) is 9.97 Å². The van der Waals surface area contributed by atoms with E-state index in [9.17, 15) is 0 Å². The highest BCUT2D eigenvalue weighted by Crippen LogP contribution is 2.42. The predicted molar refractivity (Wildman–Crippen MR) is 92.1 cm³/mol. The Bertz CT molecular complexity index is 917. The van der Waals surface area contributed by atoms with Gasteiger partial charge in [-0.1, -0.05) is 30.3 Å². The Morgan fingerprint density at radius 2 is 1.91 bits per heavy atom. The number of nitrogens with zero attached hydrogens (tertiary/aromatic N) is 2. The Kier molecular flexibility index (Phi) is 3.52. The third-order valence-corrected chi connectivity index (χ3v) is 5.28. The number of halogens is 1. The summed E-state index contributed by atoms with van der Waals surface area (Å²) in [6.45, 7) is 0. The Morgan fingerprint density at radius 1 is 1.05 bits per heavy atom. The van der Waals surface area contributed by atoms with Crippen LogP contribution in [0.1, 0.15) is 11.5 Å². The third kappa shape index (κ3) is 2.36. The van der Waals surface area contributed by atoms with Crippen molar-refractivity contribution >= 4 is 37.5 Å². The molecule has 0 bridgehead atoms. The van der Waals surface area contributed by atoms with Crippen LogP contribution < -0.4 is 0 Å². The van der Waals surface area contributed by atoms with Gasteiger partial charge in [0.1, 0.15) is 16.9 Å². The SMILES string of the molecule is Brc1sc2ncnc(Cc3ccco3)c2c1-c1ccccc1. The van der Waals surface area contributed by atoms with Crippen molar-refractivity contribution in [1.29, 1.82) is 0 Å². The zero-order valence-corrected chi connectivity index (χ0v) is 13.9. The summed E-state index contributed by atoms with van der Waals surface area (Å²) in [6.07, 6.45) is 3.97. The van der Waals surface area contributed by atoms with Crippen LogP contribution in [0.25, 0.3) is 21.3 Å². The van der Waals surface area contributed by atoms with Crippen molar-refractivity contribution < 1.29 is 4.42 Å². The third-order valence-electron chi connectivity index (χ3n) is 3.51. The van der Waals surface area contributed by atoms with Gasteiger partial charge < -0.3 is 4.42 Å². The first-order chi connectivity index (χ1) is 10.8. The Labute approximate surface area is 139 Å². The molecular weight excluding hydrogens is 360 g/mol. The molecular formula is C17H11BrN2OS. The Balaban J connectivity index is 1.95. The van der Waals surface area contributed by atoms with E-state index in [0.717, 1.165) is 36.6 Å². The van der Waals surface area contributed by atoms with Crippen molar-refractivity contribution in [2.75, 3.05) is 0 Å². The van der Waals surface area contributed by atoms with Gasteiger partial charge >= 0.3 is 0 Å². The second-order valence-corrected chi connectivity index (χ2v) is 7.19. The predicted octanol–water partition coefficient (Wildman–Crippen LogP) is 5.30. The molecule has 0 spiro atoms. The average molecular weight is 371 g/mol. The fraction of sp³-hybridized carbons (Fsp3) is 0.0588. The van der Waals surface area contributed by atoms with Crippen LogP contribution in [0.3, 0.4) is 0 Å². The van der Waals surface area contributed by atoms with Gasteiger partial charge in [-0.15, -0.1) is 11.3 Å². The van der Waals surface area contributed by atoms with Crippen LogP contribution in [0.15, 0.2) is 63.3 Å². The molecule has 0 aliphatic heterocycles. The zero-order chi connectivity index (χ0) is 14.9. The lowest BCUT2D eigenvalue weighted by Gasteiger charge is -2.05. The monoisotopic (exact) mass is 370 g/mol. The van der Waals surface area contributed by atoms with Crippen LogP contribution in [0.2, 0.25) is 0 Å². The zero-order valence-electron chi connectivity index (χ0n) is 11.5. The van der Waals surface area contributed by atoms with E-state index in [-0.39, 0.29) is 0 Å². The normalized spacial score (nSPS) is 11.1. The van der Waals surface area contributed by atoms with E-state index in [1.807, 2.05) is 30.3 Å². The number of fused-ring (bicyclic) bond motifs is 1. The van der Waals surface area contributed by atoms with Gasteiger partial charge in [-0.2, -0.15) is 0 Å². The first-order valence-corrected chi connectivity index (χ1v) is 8.43. The van der Waals surface area contributed by atoms with Gasteiger partial charge in [0.05, 0.1) is 15.7 Å². The maximum atomic E-state index is 5.47. The van der Waals surface area contributed by atoms with Crippen molar-refractivity contribution in [1.82, 2.24) is 9.97 Å². The lowest BCUT2D eigenvalue weighted by molar-refractivity contribution is 0.519. The van der Waals surface area contributed by atoms with Crippen molar-refractivity contribution in [3.8, 4) is 11.1 Å². The molecule has 22 heavy (non-hydrogen) atoms. The molecule has 5 heteroatoms. The first kappa shape index (κ1) is 13.7. The molecule has 0 fully saturated rings. The summed E-state index contributed by atoms with van der Waals surface area (Å²) in [5.41, 5.74) is 3.31. The number of benzene rings is 1. The molecule has 0 atom stereocenters. The van der Waals surface area contributed by atoms with E-state index < -0.39 is 0 Å². The number of hydrogen-bond acceptors (Lipinski definition) is 4. The fourth-order valence-corrected chi connectivity index (χ4v) is 4.34. The maximum Gasteiger partial charge on any atom is 0.128 e. The van der Waals surface area contributed by atoms with Crippen molar-refractivity contribution in [2.45, 2.75) is 6.42 Å². The minimum absolute atomic E-state index is 0.662. The molecule has 1 aromatic carbocycles. The quantitative estimate of drug-likeness (QED) is 0.490. The second-order valence-electron chi connectivity index (χ2n) is 4.87. The highest BCUT2D eigenvalue weighted by atomic mass is 79.9. The minimum atomic E-state index is 0.662. The second kappa shape index (κ2) is 5.66. The van der Waals surface area contributed by atoms with E-state index in [4.69, 9.17) is 4.42 Å². The molecule has 0 N–H and O–H groups in total. The summed E-state index contributed by atoms with van der Waals surface area (Å²) >= 11 is 5.32. The molecule has 4 rings (SSSR count). The largest absolute Gasteiger partial charge is 0.469 e. The molecule has 0 aliphatic carbocycles. The Morgan fingerprint density at radius 3 is 2.68 bits per heavy atom. The summed E-state index contributed by atoms with van der Waals surface area (Å²) in [5, 5.41) is 1.10. The molecule has 0 saturated heterocycles. The van der Waals surface area contributed by atoms with Gasteiger partial charge in [-0.25, -0.2) is 9.97 Å². The summed E-state index contributed by atoms with van der Waals surface area (Å²) < 4.78 is 6.55. The lowest BCUT2D eigenvalue weighted by atomic mass is 10.0. The van der Waals surface area contributed by atoms with Crippen molar-refractivity contribution in [2.24, 2.45) is 0 Å². The minimum Gasteiger partial charge on any atom is -0.469 e. The van der Waals surface area contributed by atoms with E-state index in [1.54, 1.807) is 23.9 Å². The number of rotatable bonds is 3. The number of thiophene rings is 1. The van der Waals surface area contributed by atoms with Crippen LogP contribution in [0, 0.1) is 0 Å². The van der Waals surface area contributed by atoms with Gasteiger partial charge in [0.15, 0.2) is 0 Å². The van der Waals surface area contributed by atoms with Crippen molar-refractivity contribution in [3.63, 3.8) is 0 Å². The van der Waals surface area contributed by atoms with E-state index in [2.05, 4.69) is 38.0 Å².